The van der Waals surface area contributed by atoms with Crippen molar-refractivity contribution in [2.45, 2.75) is 37.7 Å². The topological polar surface area (TPSA) is 76.9 Å². The number of hydrogen-bond acceptors (Lipinski definition) is 5. The fourth-order valence-electron chi connectivity index (χ4n) is 2.03. The van der Waals surface area contributed by atoms with E-state index in [9.17, 15) is 9.59 Å². The van der Waals surface area contributed by atoms with Crippen LogP contribution in [0.1, 0.15) is 30.0 Å². The molecule has 0 aliphatic rings. The molecule has 1 aromatic carbocycles. The second kappa shape index (κ2) is 7.92. The quantitative estimate of drug-likeness (QED) is 0.474. The Morgan fingerprint density at radius 3 is 2.58 bits per heavy atom. The lowest BCUT2D eigenvalue weighted by Gasteiger charge is -2.12. The maximum absolute atomic E-state index is 12.3. The third-order valence-electron chi connectivity index (χ3n) is 3.42. The van der Waals surface area contributed by atoms with Crippen molar-refractivity contribution < 1.29 is 9.59 Å². The number of carbonyl (C=O) groups excluding carboxylic acids is 2. The van der Waals surface area contributed by atoms with E-state index in [1.54, 1.807) is 30.3 Å². The summed E-state index contributed by atoms with van der Waals surface area (Å²) in [7, 11) is 0. The largest absolute Gasteiger partial charge is 0.325 e. The smallest absolute Gasteiger partial charge is 0.237 e. The van der Waals surface area contributed by atoms with E-state index in [1.165, 1.54) is 18.7 Å². The van der Waals surface area contributed by atoms with Crippen LogP contribution in [0.3, 0.4) is 0 Å². The monoisotopic (exact) mass is 344 g/mol. The van der Waals surface area contributed by atoms with Crippen molar-refractivity contribution in [3.63, 3.8) is 0 Å². The lowest BCUT2D eigenvalue weighted by atomic mass is 10.1. The molecule has 7 heteroatoms. The third-order valence-corrected chi connectivity index (χ3v) is 4.50. The van der Waals surface area contributed by atoms with Gasteiger partial charge in [0.2, 0.25) is 5.91 Å². The number of rotatable bonds is 7. The van der Waals surface area contributed by atoms with Crippen LogP contribution in [-0.4, -0.2) is 31.7 Å². The molecule has 0 saturated heterocycles. The van der Waals surface area contributed by atoms with Crippen LogP contribution < -0.4 is 5.32 Å². The van der Waals surface area contributed by atoms with Gasteiger partial charge in [0, 0.05) is 17.8 Å². The summed E-state index contributed by atoms with van der Waals surface area (Å²) in [5, 5.41) is 11.3. The molecule has 0 spiro atoms. The predicted octanol–water partition coefficient (Wildman–Crippen LogP) is 3.09. The van der Waals surface area contributed by atoms with Crippen molar-refractivity contribution in [3.05, 3.63) is 48.3 Å². The van der Waals surface area contributed by atoms with Gasteiger partial charge in [-0.05, 0) is 45.0 Å². The number of ketones is 1. The third kappa shape index (κ3) is 4.32. The fraction of sp³-hybridized carbons (Fsp3) is 0.294. The number of benzene rings is 1. The summed E-state index contributed by atoms with van der Waals surface area (Å²) < 4.78 is 1.91. The highest BCUT2D eigenvalue weighted by molar-refractivity contribution is 8.00. The zero-order valence-corrected chi connectivity index (χ0v) is 14.8. The number of aryl methyl sites for hydroxylation is 1. The molecule has 1 atom stereocenters. The Hall–Kier alpha value is -2.41. The molecule has 0 aliphatic heterocycles. The molecule has 0 fully saturated rings. The molecule has 2 aromatic rings. The van der Waals surface area contributed by atoms with Gasteiger partial charge < -0.3 is 9.88 Å². The number of amides is 1. The minimum absolute atomic E-state index is 0.00581. The van der Waals surface area contributed by atoms with Crippen LogP contribution in [0, 0.1) is 6.92 Å². The SMILES string of the molecule is C=CCn1c(C)nnc1SC(C)C(=O)Nc1ccc(C(C)=O)cc1. The van der Waals surface area contributed by atoms with Crippen LogP contribution in [0.15, 0.2) is 42.1 Å². The number of allylic oxidation sites excluding steroid dienone is 1. The molecule has 126 valence electrons. The summed E-state index contributed by atoms with van der Waals surface area (Å²) >= 11 is 1.34. The number of hydrogen-bond donors (Lipinski definition) is 1. The molecular formula is C17H20N4O2S. The van der Waals surface area contributed by atoms with E-state index < -0.39 is 0 Å². The highest BCUT2D eigenvalue weighted by atomic mass is 32.2. The van der Waals surface area contributed by atoms with E-state index in [0.717, 1.165) is 5.82 Å². The van der Waals surface area contributed by atoms with Crippen molar-refractivity contribution in [1.29, 1.82) is 0 Å². The lowest BCUT2D eigenvalue weighted by Crippen LogP contribution is -2.23. The number of nitrogens with one attached hydrogen (secondary N) is 1. The van der Waals surface area contributed by atoms with Crippen LogP contribution in [0.25, 0.3) is 0 Å². The Balaban J connectivity index is 2.02. The van der Waals surface area contributed by atoms with E-state index in [1.807, 2.05) is 18.4 Å². The lowest BCUT2D eigenvalue weighted by molar-refractivity contribution is -0.115. The van der Waals surface area contributed by atoms with Gasteiger partial charge in [0.25, 0.3) is 0 Å². The number of thioether (sulfide) groups is 1. The highest BCUT2D eigenvalue weighted by Crippen LogP contribution is 2.23. The highest BCUT2D eigenvalue weighted by Gasteiger charge is 2.19. The molecule has 1 amide bonds. The molecule has 6 nitrogen and oxygen atoms in total. The molecule has 0 radical (unpaired) electrons. The molecule has 24 heavy (non-hydrogen) atoms. The fourth-order valence-corrected chi connectivity index (χ4v) is 2.94. The number of carbonyl (C=O) groups is 2. The van der Waals surface area contributed by atoms with Crippen molar-refractivity contribution in [3.8, 4) is 0 Å². The Kier molecular flexibility index (Phi) is 5.92. The first-order valence-corrected chi connectivity index (χ1v) is 8.39. The van der Waals surface area contributed by atoms with Crippen LogP contribution in [0.5, 0.6) is 0 Å². The molecule has 1 heterocycles. The second-order valence-electron chi connectivity index (χ2n) is 5.31. The number of nitrogens with zero attached hydrogens (tertiary/aromatic N) is 3. The summed E-state index contributed by atoms with van der Waals surface area (Å²) in [6, 6.07) is 6.83. The molecule has 1 unspecified atom stereocenters. The minimum Gasteiger partial charge on any atom is -0.325 e. The van der Waals surface area contributed by atoms with E-state index in [4.69, 9.17) is 0 Å². The van der Waals surface area contributed by atoms with Gasteiger partial charge in [-0.15, -0.1) is 16.8 Å². The zero-order chi connectivity index (χ0) is 17.7. The van der Waals surface area contributed by atoms with Gasteiger partial charge in [-0.2, -0.15) is 0 Å². The molecule has 2 rings (SSSR count). The van der Waals surface area contributed by atoms with Crippen LogP contribution in [0.2, 0.25) is 0 Å². The Labute approximate surface area is 145 Å². The van der Waals surface area contributed by atoms with E-state index in [0.29, 0.717) is 23.0 Å². The summed E-state index contributed by atoms with van der Waals surface area (Å²) in [5.41, 5.74) is 1.27. The number of aromatic nitrogens is 3. The van der Waals surface area contributed by atoms with Gasteiger partial charge in [0.15, 0.2) is 10.9 Å². The molecular weight excluding hydrogens is 324 g/mol. The summed E-state index contributed by atoms with van der Waals surface area (Å²) in [4.78, 5) is 23.6. The molecule has 0 aliphatic carbocycles. The van der Waals surface area contributed by atoms with Gasteiger partial charge >= 0.3 is 0 Å². The van der Waals surface area contributed by atoms with Crippen molar-refractivity contribution in [2.75, 3.05) is 5.32 Å². The first-order valence-electron chi connectivity index (χ1n) is 7.51. The zero-order valence-electron chi connectivity index (χ0n) is 13.9. The second-order valence-corrected chi connectivity index (χ2v) is 6.62. The normalized spacial score (nSPS) is 11.8. The van der Waals surface area contributed by atoms with Crippen molar-refractivity contribution >= 4 is 29.1 Å². The van der Waals surface area contributed by atoms with Gasteiger partial charge in [0.1, 0.15) is 5.82 Å². The van der Waals surface area contributed by atoms with Gasteiger partial charge in [-0.25, -0.2) is 0 Å². The maximum atomic E-state index is 12.3. The molecule has 0 saturated carbocycles. The first kappa shape index (κ1) is 17.9. The van der Waals surface area contributed by atoms with Crippen LogP contribution in [0.4, 0.5) is 5.69 Å². The van der Waals surface area contributed by atoms with Crippen LogP contribution in [-0.2, 0) is 11.3 Å². The molecule has 0 bridgehead atoms. The minimum atomic E-state index is -0.343. The Bertz CT molecular complexity index is 752. The Morgan fingerprint density at radius 2 is 2.00 bits per heavy atom. The number of anilines is 1. The maximum Gasteiger partial charge on any atom is 0.237 e. The molecule has 1 N–H and O–H groups in total. The van der Waals surface area contributed by atoms with E-state index >= 15 is 0 Å². The molecule has 1 aromatic heterocycles. The van der Waals surface area contributed by atoms with Crippen molar-refractivity contribution in [2.24, 2.45) is 0 Å². The van der Waals surface area contributed by atoms with Crippen LogP contribution >= 0.6 is 11.8 Å². The van der Waals surface area contributed by atoms with Gasteiger partial charge in [0.05, 0.1) is 5.25 Å². The standard InChI is InChI=1S/C17H20N4O2S/c1-5-10-21-13(4)19-20-17(21)24-12(3)16(23)18-15-8-6-14(7-9-15)11(2)22/h5-9,12H,1,10H2,2-4H3,(H,18,23). The van der Waals surface area contributed by atoms with Gasteiger partial charge in [-0.1, -0.05) is 17.8 Å². The van der Waals surface area contributed by atoms with Crippen molar-refractivity contribution in [1.82, 2.24) is 14.8 Å². The average molecular weight is 344 g/mol. The number of Topliss-reactive ketones (excluding diaryl/α,β-unsaturated/α-hetero) is 1. The summed E-state index contributed by atoms with van der Waals surface area (Å²) in [6.07, 6.45) is 1.77. The van der Waals surface area contributed by atoms with E-state index in [2.05, 4.69) is 22.1 Å². The van der Waals surface area contributed by atoms with Gasteiger partial charge in [-0.3, -0.25) is 9.59 Å². The first-order chi connectivity index (χ1) is 11.4. The average Bonchev–Trinajstić information content (AvgIpc) is 2.89. The Morgan fingerprint density at radius 1 is 1.33 bits per heavy atom. The van der Waals surface area contributed by atoms with E-state index in [-0.39, 0.29) is 16.9 Å². The summed E-state index contributed by atoms with van der Waals surface area (Å²) in [6.45, 7) is 9.50. The summed E-state index contributed by atoms with van der Waals surface area (Å²) in [5.74, 6) is 0.639. The predicted molar refractivity (Wildman–Crippen MR) is 95.4 cm³/mol.